The van der Waals surface area contributed by atoms with Gasteiger partial charge in [0.05, 0.1) is 6.04 Å². The Bertz CT molecular complexity index is 413. The van der Waals surface area contributed by atoms with Crippen molar-refractivity contribution in [1.29, 1.82) is 0 Å². The SMILES string of the molecule is Cl.N[C@@H](c1cccc(OC(F)(F)F)c1)C(F)(F)CO. The summed E-state index contributed by atoms with van der Waals surface area (Å²) in [5.74, 6) is -4.28. The smallest absolute Gasteiger partial charge is 0.406 e. The number of rotatable bonds is 4. The van der Waals surface area contributed by atoms with Gasteiger partial charge >= 0.3 is 6.36 Å². The number of nitrogens with two attached hydrogens (primary N) is 1. The summed E-state index contributed by atoms with van der Waals surface area (Å²) in [4.78, 5) is 0. The summed E-state index contributed by atoms with van der Waals surface area (Å²) >= 11 is 0. The molecule has 0 saturated carbocycles. The van der Waals surface area contributed by atoms with E-state index in [9.17, 15) is 22.0 Å². The van der Waals surface area contributed by atoms with E-state index >= 15 is 0 Å². The maximum Gasteiger partial charge on any atom is 0.573 e. The largest absolute Gasteiger partial charge is 0.573 e. The number of benzene rings is 1. The normalized spacial score (nSPS) is 13.6. The molecular weight excluding hydrogens is 297 g/mol. The number of halogens is 6. The molecule has 0 spiro atoms. The van der Waals surface area contributed by atoms with Crippen LogP contribution in [0.4, 0.5) is 22.0 Å². The average molecular weight is 308 g/mol. The molecule has 110 valence electrons. The van der Waals surface area contributed by atoms with E-state index in [1.807, 2.05) is 0 Å². The van der Waals surface area contributed by atoms with Crippen LogP contribution in [0.5, 0.6) is 5.75 Å². The molecule has 1 rings (SSSR count). The van der Waals surface area contributed by atoms with E-state index in [-0.39, 0.29) is 18.0 Å². The fourth-order valence-corrected chi connectivity index (χ4v) is 1.25. The lowest BCUT2D eigenvalue weighted by molar-refractivity contribution is -0.274. The molecule has 0 heterocycles. The summed E-state index contributed by atoms with van der Waals surface area (Å²) in [6, 6.07) is 2.02. The maximum absolute atomic E-state index is 13.1. The summed E-state index contributed by atoms with van der Waals surface area (Å²) in [7, 11) is 0. The Morgan fingerprint density at radius 1 is 1.21 bits per heavy atom. The van der Waals surface area contributed by atoms with Crippen LogP contribution in [0.1, 0.15) is 11.6 Å². The highest BCUT2D eigenvalue weighted by Gasteiger charge is 2.38. The van der Waals surface area contributed by atoms with Gasteiger partial charge in [0.2, 0.25) is 0 Å². The standard InChI is InChI=1S/C10H10F5NO2.ClH/c11-9(12,5-17)8(16)6-2-1-3-7(4-6)18-10(13,14)15;/h1-4,8,17H,5,16H2;1H/t8-;/m0./s1. The Kier molecular flexibility index (Phi) is 5.98. The molecule has 0 aromatic heterocycles. The molecule has 0 bridgehead atoms. The highest BCUT2D eigenvalue weighted by atomic mass is 35.5. The molecule has 3 N–H and O–H groups in total. The van der Waals surface area contributed by atoms with Crippen LogP contribution in [-0.2, 0) is 0 Å². The molecule has 0 aliphatic heterocycles. The molecule has 0 amide bonds. The van der Waals surface area contributed by atoms with Crippen molar-refractivity contribution in [3.05, 3.63) is 29.8 Å². The van der Waals surface area contributed by atoms with E-state index < -0.39 is 30.7 Å². The minimum absolute atomic E-state index is 0. The summed E-state index contributed by atoms with van der Waals surface area (Å²) < 4.78 is 65.5. The summed E-state index contributed by atoms with van der Waals surface area (Å²) in [6.45, 7) is -1.50. The van der Waals surface area contributed by atoms with Crippen molar-refractivity contribution in [2.45, 2.75) is 18.3 Å². The van der Waals surface area contributed by atoms with Crippen molar-refractivity contribution in [2.24, 2.45) is 5.73 Å². The van der Waals surface area contributed by atoms with Crippen molar-refractivity contribution in [2.75, 3.05) is 6.61 Å². The lowest BCUT2D eigenvalue weighted by Gasteiger charge is -2.22. The zero-order valence-corrected chi connectivity index (χ0v) is 10.1. The summed E-state index contributed by atoms with van der Waals surface area (Å²) in [6.07, 6.45) is -4.91. The Labute approximate surface area is 111 Å². The monoisotopic (exact) mass is 307 g/mol. The van der Waals surface area contributed by atoms with Crippen LogP contribution in [0.3, 0.4) is 0 Å². The molecule has 19 heavy (non-hydrogen) atoms. The van der Waals surface area contributed by atoms with Gasteiger partial charge in [-0.15, -0.1) is 25.6 Å². The maximum atomic E-state index is 13.1. The van der Waals surface area contributed by atoms with Gasteiger partial charge in [0, 0.05) is 0 Å². The third-order valence-corrected chi connectivity index (χ3v) is 2.12. The van der Waals surface area contributed by atoms with Gasteiger partial charge in [-0.1, -0.05) is 12.1 Å². The van der Waals surface area contributed by atoms with Crippen LogP contribution in [0, 0.1) is 0 Å². The summed E-state index contributed by atoms with van der Waals surface area (Å²) in [5.41, 5.74) is 4.90. The molecule has 3 nitrogen and oxygen atoms in total. The fourth-order valence-electron chi connectivity index (χ4n) is 1.25. The second-order valence-corrected chi connectivity index (χ2v) is 3.52. The van der Waals surface area contributed by atoms with Gasteiger partial charge in [-0.25, -0.2) is 8.78 Å². The van der Waals surface area contributed by atoms with E-state index in [0.29, 0.717) is 0 Å². The van der Waals surface area contributed by atoms with Crippen LogP contribution in [-0.4, -0.2) is 24.0 Å². The van der Waals surface area contributed by atoms with E-state index in [2.05, 4.69) is 4.74 Å². The minimum Gasteiger partial charge on any atom is -0.406 e. The number of hydrogen-bond donors (Lipinski definition) is 2. The molecule has 0 saturated heterocycles. The zero-order valence-electron chi connectivity index (χ0n) is 9.32. The van der Waals surface area contributed by atoms with Crippen LogP contribution >= 0.6 is 12.4 Å². The number of hydrogen-bond acceptors (Lipinski definition) is 3. The van der Waals surface area contributed by atoms with Crippen molar-refractivity contribution in [3.8, 4) is 5.75 Å². The molecule has 9 heteroatoms. The fraction of sp³-hybridized carbons (Fsp3) is 0.400. The third kappa shape index (κ3) is 5.17. The average Bonchev–Trinajstić information content (AvgIpc) is 2.26. The zero-order chi connectivity index (χ0) is 14.0. The molecule has 0 fully saturated rings. The first-order chi connectivity index (χ1) is 8.15. The van der Waals surface area contributed by atoms with Crippen LogP contribution in [0.15, 0.2) is 24.3 Å². The number of ether oxygens (including phenoxy) is 1. The van der Waals surface area contributed by atoms with Gasteiger partial charge < -0.3 is 15.6 Å². The van der Waals surface area contributed by atoms with E-state index in [4.69, 9.17) is 10.8 Å². The first-order valence-corrected chi connectivity index (χ1v) is 4.75. The number of alkyl halides is 5. The third-order valence-electron chi connectivity index (χ3n) is 2.12. The minimum atomic E-state index is -4.91. The molecular formula is C10H11ClF5NO2. The molecule has 1 atom stereocenters. The second kappa shape index (κ2) is 6.36. The predicted molar refractivity (Wildman–Crippen MR) is 59.3 cm³/mol. The molecule has 1 aromatic rings. The lowest BCUT2D eigenvalue weighted by Crippen LogP contribution is -2.36. The van der Waals surface area contributed by atoms with Crippen molar-refractivity contribution in [1.82, 2.24) is 0 Å². The highest BCUT2D eigenvalue weighted by Crippen LogP contribution is 2.31. The van der Waals surface area contributed by atoms with E-state index in [1.165, 1.54) is 0 Å². The van der Waals surface area contributed by atoms with E-state index in [1.54, 1.807) is 0 Å². The quantitative estimate of drug-likeness (QED) is 0.841. The Balaban J connectivity index is 0.00000324. The first kappa shape index (κ1) is 17.9. The topological polar surface area (TPSA) is 55.5 Å². The van der Waals surface area contributed by atoms with Crippen molar-refractivity contribution >= 4 is 12.4 Å². The van der Waals surface area contributed by atoms with Gasteiger partial charge in [0.15, 0.2) is 0 Å². The van der Waals surface area contributed by atoms with Crippen LogP contribution in [0.25, 0.3) is 0 Å². The Morgan fingerprint density at radius 2 is 1.79 bits per heavy atom. The van der Waals surface area contributed by atoms with Crippen LogP contribution in [0.2, 0.25) is 0 Å². The van der Waals surface area contributed by atoms with Gasteiger partial charge in [-0.05, 0) is 17.7 Å². The van der Waals surface area contributed by atoms with Crippen LogP contribution < -0.4 is 10.5 Å². The predicted octanol–water partition coefficient (Wildman–Crippen LogP) is 2.63. The molecule has 0 radical (unpaired) electrons. The number of aliphatic hydroxyl groups is 1. The van der Waals surface area contributed by atoms with Gasteiger partial charge in [0.1, 0.15) is 12.4 Å². The highest BCUT2D eigenvalue weighted by molar-refractivity contribution is 5.85. The number of aliphatic hydroxyl groups excluding tert-OH is 1. The second-order valence-electron chi connectivity index (χ2n) is 3.52. The van der Waals surface area contributed by atoms with E-state index in [0.717, 1.165) is 24.3 Å². The van der Waals surface area contributed by atoms with Crippen molar-refractivity contribution in [3.63, 3.8) is 0 Å². The molecule has 1 aromatic carbocycles. The van der Waals surface area contributed by atoms with Crippen molar-refractivity contribution < 1.29 is 31.8 Å². The van der Waals surface area contributed by atoms with Gasteiger partial charge in [-0.3, -0.25) is 0 Å². The molecule has 0 aliphatic carbocycles. The van der Waals surface area contributed by atoms with Gasteiger partial charge in [0.25, 0.3) is 5.92 Å². The summed E-state index contributed by atoms with van der Waals surface area (Å²) in [5, 5.41) is 8.44. The lowest BCUT2D eigenvalue weighted by atomic mass is 10.0. The Hall–Kier alpha value is -1.12. The molecule has 0 aliphatic rings. The Morgan fingerprint density at radius 3 is 2.26 bits per heavy atom. The first-order valence-electron chi connectivity index (χ1n) is 4.75. The molecule has 0 unspecified atom stereocenters. The van der Waals surface area contributed by atoms with Gasteiger partial charge in [-0.2, -0.15) is 0 Å².